The predicted molar refractivity (Wildman–Crippen MR) is 116 cm³/mol. The second-order valence-corrected chi connectivity index (χ2v) is 7.71. The molecule has 6 nitrogen and oxygen atoms in total. The second kappa shape index (κ2) is 10.1. The zero-order valence-electron chi connectivity index (χ0n) is 16.9. The number of hydrogen-bond donors (Lipinski definition) is 2. The summed E-state index contributed by atoms with van der Waals surface area (Å²) in [7, 11) is 0. The molecule has 0 unspecified atom stereocenters. The maximum atomic E-state index is 12.1. The Balaban J connectivity index is 1.50. The van der Waals surface area contributed by atoms with E-state index in [1.54, 1.807) is 6.20 Å². The van der Waals surface area contributed by atoms with Crippen molar-refractivity contribution in [3.05, 3.63) is 48.7 Å². The number of anilines is 3. The van der Waals surface area contributed by atoms with Crippen molar-refractivity contribution in [2.24, 2.45) is 5.92 Å². The van der Waals surface area contributed by atoms with Crippen LogP contribution in [0.25, 0.3) is 0 Å². The molecule has 3 rings (SSSR count). The van der Waals surface area contributed by atoms with Crippen molar-refractivity contribution >= 4 is 23.2 Å². The highest BCUT2D eigenvalue weighted by Crippen LogP contribution is 2.17. The average Bonchev–Trinajstić information content (AvgIpc) is 2.93. The highest BCUT2D eigenvalue weighted by atomic mass is 16.2. The molecule has 0 aliphatic carbocycles. The molecule has 0 saturated carbocycles. The third kappa shape index (κ3) is 6.23. The Morgan fingerprint density at radius 2 is 1.79 bits per heavy atom. The van der Waals surface area contributed by atoms with E-state index in [4.69, 9.17) is 0 Å². The van der Waals surface area contributed by atoms with Gasteiger partial charge in [-0.25, -0.2) is 9.78 Å². The monoisotopic (exact) mass is 381 g/mol. The van der Waals surface area contributed by atoms with Crippen molar-refractivity contribution in [3.8, 4) is 0 Å². The van der Waals surface area contributed by atoms with E-state index in [9.17, 15) is 4.79 Å². The molecule has 0 bridgehead atoms. The Bertz CT molecular complexity index is 732. The summed E-state index contributed by atoms with van der Waals surface area (Å²) in [4.78, 5) is 21.6. The number of nitrogens with zero attached hydrogens (tertiary/aromatic N) is 3. The molecule has 1 fully saturated rings. The average molecular weight is 382 g/mol. The Kier molecular flexibility index (Phi) is 7.25. The summed E-state index contributed by atoms with van der Waals surface area (Å²) < 4.78 is 0. The summed E-state index contributed by atoms with van der Waals surface area (Å²) in [6, 6.07) is 13.0. The van der Waals surface area contributed by atoms with E-state index in [1.807, 2.05) is 42.5 Å². The number of hydrogen-bond acceptors (Lipinski definition) is 4. The van der Waals surface area contributed by atoms with Crippen LogP contribution >= 0.6 is 0 Å². The summed E-state index contributed by atoms with van der Waals surface area (Å²) in [6.45, 7) is 9.99. The van der Waals surface area contributed by atoms with E-state index in [2.05, 4.69) is 39.3 Å². The van der Waals surface area contributed by atoms with Gasteiger partial charge in [0.25, 0.3) is 0 Å². The molecular formula is C22H31N5O. The van der Waals surface area contributed by atoms with E-state index in [0.29, 0.717) is 5.69 Å². The number of rotatable bonds is 6. The summed E-state index contributed by atoms with van der Waals surface area (Å²) in [5.41, 5.74) is 1.45. The van der Waals surface area contributed by atoms with Gasteiger partial charge in [0.15, 0.2) is 0 Å². The molecule has 1 aromatic heterocycles. The molecule has 0 spiro atoms. The molecule has 2 amide bonds. The number of carbonyl (C=O) groups excluding carboxylic acids is 1. The Morgan fingerprint density at radius 1 is 1.00 bits per heavy atom. The lowest BCUT2D eigenvalue weighted by atomic mass is 10.1. The van der Waals surface area contributed by atoms with Gasteiger partial charge in [-0.15, -0.1) is 0 Å². The minimum absolute atomic E-state index is 0.267. The molecule has 2 N–H and O–H groups in total. The van der Waals surface area contributed by atoms with Gasteiger partial charge < -0.3 is 20.4 Å². The first-order valence-electron chi connectivity index (χ1n) is 10.2. The quantitative estimate of drug-likeness (QED) is 0.784. The first kappa shape index (κ1) is 20.1. The molecule has 150 valence electrons. The van der Waals surface area contributed by atoms with Crippen LogP contribution in [0, 0.1) is 5.92 Å². The van der Waals surface area contributed by atoms with Crippen molar-refractivity contribution in [3.63, 3.8) is 0 Å². The van der Waals surface area contributed by atoms with Crippen LogP contribution < -0.4 is 15.5 Å². The number of amides is 2. The molecule has 2 heterocycles. The van der Waals surface area contributed by atoms with Gasteiger partial charge in [-0.3, -0.25) is 0 Å². The smallest absolute Gasteiger partial charge is 0.323 e. The highest BCUT2D eigenvalue weighted by molar-refractivity contribution is 5.99. The standard InChI is InChI=1S/C22H31N5O/c1-18(2)11-14-26-12-6-13-27(16-15-26)21-10-9-20(17-23-21)25-22(28)24-19-7-4-3-5-8-19/h3-5,7-10,17-18H,6,11-16H2,1-2H3,(H2,24,25,28). The zero-order valence-corrected chi connectivity index (χ0v) is 16.9. The van der Waals surface area contributed by atoms with Gasteiger partial charge in [0, 0.05) is 25.3 Å². The summed E-state index contributed by atoms with van der Waals surface area (Å²) in [6.07, 6.45) is 4.13. The number of urea groups is 1. The zero-order chi connectivity index (χ0) is 19.8. The fraction of sp³-hybridized carbons (Fsp3) is 0.455. The van der Waals surface area contributed by atoms with E-state index in [1.165, 1.54) is 13.0 Å². The molecule has 0 atom stereocenters. The van der Waals surface area contributed by atoms with Crippen LogP contribution in [-0.2, 0) is 0 Å². The molecule has 28 heavy (non-hydrogen) atoms. The minimum atomic E-state index is -0.267. The number of aromatic nitrogens is 1. The summed E-state index contributed by atoms with van der Waals surface area (Å²) >= 11 is 0. The fourth-order valence-corrected chi connectivity index (χ4v) is 3.33. The molecule has 6 heteroatoms. The van der Waals surface area contributed by atoms with Crippen molar-refractivity contribution < 1.29 is 4.79 Å². The van der Waals surface area contributed by atoms with Crippen LogP contribution in [0.5, 0.6) is 0 Å². The van der Waals surface area contributed by atoms with Crippen LogP contribution in [0.2, 0.25) is 0 Å². The van der Waals surface area contributed by atoms with Crippen LogP contribution in [-0.4, -0.2) is 48.6 Å². The Morgan fingerprint density at radius 3 is 2.50 bits per heavy atom. The predicted octanol–water partition coefficient (Wildman–Crippen LogP) is 4.28. The Labute approximate surface area is 167 Å². The Hall–Kier alpha value is -2.60. The van der Waals surface area contributed by atoms with Crippen LogP contribution in [0.15, 0.2) is 48.7 Å². The summed E-state index contributed by atoms with van der Waals surface area (Å²) in [5, 5.41) is 5.64. The maximum absolute atomic E-state index is 12.1. The van der Waals surface area contributed by atoms with Crippen LogP contribution in [0.3, 0.4) is 0 Å². The minimum Gasteiger partial charge on any atom is -0.355 e. The summed E-state index contributed by atoms with van der Waals surface area (Å²) in [5.74, 6) is 1.72. The number of nitrogens with one attached hydrogen (secondary N) is 2. The molecule has 2 aromatic rings. The first-order valence-corrected chi connectivity index (χ1v) is 10.2. The molecule has 1 aliphatic heterocycles. The third-order valence-electron chi connectivity index (χ3n) is 4.97. The van der Waals surface area contributed by atoms with Crippen LogP contribution in [0.4, 0.5) is 22.0 Å². The lowest BCUT2D eigenvalue weighted by molar-refractivity contribution is 0.262. The maximum Gasteiger partial charge on any atom is 0.323 e. The number of para-hydroxylation sites is 1. The van der Waals surface area contributed by atoms with Crippen molar-refractivity contribution in [2.75, 3.05) is 48.3 Å². The van der Waals surface area contributed by atoms with Gasteiger partial charge in [0.05, 0.1) is 11.9 Å². The van der Waals surface area contributed by atoms with Gasteiger partial charge in [-0.2, -0.15) is 0 Å². The SMILES string of the molecule is CC(C)CCN1CCCN(c2ccc(NC(=O)Nc3ccccc3)cn2)CC1. The van der Waals surface area contributed by atoms with Crippen molar-refractivity contribution in [1.29, 1.82) is 0 Å². The topological polar surface area (TPSA) is 60.5 Å². The van der Waals surface area contributed by atoms with E-state index in [0.717, 1.165) is 50.0 Å². The number of benzene rings is 1. The molecule has 0 radical (unpaired) electrons. The lowest BCUT2D eigenvalue weighted by Crippen LogP contribution is -2.32. The normalized spacial score (nSPS) is 15.3. The number of pyridine rings is 1. The molecule has 1 aromatic carbocycles. The van der Waals surface area contributed by atoms with Gasteiger partial charge in [0.1, 0.15) is 5.82 Å². The van der Waals surface area contributed by atoms with E-state index < -0.39 is 0 Å². The lowest BCUT2D eigenvalue weighted by Gasteiger charge is -2.23. The van der Waals surface area contributed by atoms with Gasteiger partial charge in [-0.1, -0.05) is 32.0 Å². The molecule has 1 saturated heterocycles. The van der Waals surface area contributed by atoms with E-state index in [-0.39, 0.29) is 6.03 Å². The molecule has 1 aliphatic rings. The third-order valence-corrected chi connectivity index (χ3v) is 4.97. The fourth-order valence-electron chi connectivity index (χ4n) is 3.33. The second-order valence-electron chi connectivity index (χ2n) is 7.71. The van der Waals surface area contributed by atoms with Crippen LogP contribution in [0.1, 0.15) is 26.7 Å². The largest absolute Gasteiger partial charge is 0.355 e. The highest BCUT2D eigenvalue weighted by Gasteiger charge is 2.16. The van der Waals surface area contributed by atoms with Gasteiger partial charge in [-0.05, 0) is 56.1 Å². The molecular weight excluding hydrogens is 350 g/mol. The number of carbonyl (C=O) groups is 1. The van der Waals surface area contributed by atoms with Gasteiger partial charge in [0.2, 0.25) is 0 Å². The van der Waals surface area contributed by atoms with Crippen molar-refractivity contribution in [1.82, 2.24) is 9.88 Å². The first-order chi connectivity index (χ1) is 13.6. The van der Waals surface area contributed by atoms with E-state index >= 15 is 0 Å². The van der Waals surface area contributed by atoms with Gasteiger partial charge >= 0.3 is 6.03 Å². The van der Waals surface area contributed by atoms with Crippen molar-refractivity contribution in [2.45, 2.75) is 26.7 Å².